The van der Waals surface area contributed by atoms with Crippen LogP contribution in [-0.2, 0) is 4.79 Å². The van der Waals surface area contributed by atoms with E-state index < -0.39 is 0 Å². The molecule has 0 spiro atoms. The van der Waals surface area contributed by atoms with E-state index in [9.17, 15) is 14.7 Å². The van der Waals surface area contributed by atoms with Gasteiger partial charge in [0.05, 0.1) is 0 Å². The fraction of sp³-hybridized carbons (Fsp3) is 0.273. The highest BCUT2D eigenvalue weighted by Crippen LogP contribution is 2.10. The summed E-state index contributed by atoms with van der Waals surface area (Å²) >= 11 is 0. The molecule has 5 nitrogen and oxygen atoms in total. The molecule has 5 heteroatoms. The Morgan fingerprint density at radius 1 is 1.38 bits per heavy atom. The zero-order chi connectivity index (χ0) is 11.8. The quantitative estimate of drug-likeness (QED) is 0.477. The predicted molar refractivity (Wildman–Crippen MR) is 59.1 cm³/mol. The second-order valence-electron chi connectivity index (χ2n) is 3.23. The molecule has 2 amide bonds. The lowest BCUT2D eigenvalue weighted by Crippen LogP contribution is -2.26. The molecule has 0 aliphatic rings. The molecule has 0 aliphatic carbocycles. The van der Waals surface area contributed by atoms with Gasteiger partial charge >= 0.3 is 0 Å². The van der Waals surface area contributed by atoms with Crippen LogP contribution in [0.3, 0.4) is 0 Å². The van der Waals surface area contributed by atoms with Gasteiger partial charge in [-0.1, -0.05) is 6.07 Å². The molecule has 0 radical (unpaired) electrons. The Morgan fingerprint density at radius 3 is 2.88 bits per heavy atom. The average Bonchev–Trinajstić information content (AvgIpc) is 2.28. The maximum absolute atomic E-state index is 11.5. The largest absolute Gasteiger partial charge is 0.508 e. The number of carbonyl (C=O) groups excluding carboxylic acids is 2. The van der Waals surface area contributed by atoms with Crippen LogP contribution in [0.1, 0.15) is 16.8 Å². The lowest BCUT2D eigenvalue weighted by molar-refractivity contribution is -0.109. The van der Waals surface area contributed by atoms with Crippen molar-refractivity contribution in [3.63, 3.8) is 0 Å². The third kappa shape index (κ3) is 4.00. The van der Waals surface area contributed by atoms with Crippen molar-refractivity contribution in [2.45, 2.75) is 6.42 Å². The summed E-state index contributed by atoms with van der Waals surface area (Å²) in [5.74, 6) is -0.169. The van der Waals surface area contributed by atoms with Gasteiger partial charge in [0.25, 0.3) is 5.91 Å². The molecule has 0 aromatic heterocycles. The first-order valence-corrected chi connectivity index (χ1v) is 4.98. The SMILES string of the molecule is O=CNCCCNC(=O)c1cccc(O)c1. The highest BCUT2D eigenvalue weighted by molar-refractivity contribution is 5.94. The van der Waals surface area contributed by atoms with Crippen molar-refractivity contribution < 1.29 is 14.7 Å². The fourth-order valence-corrected chi connectivity index (χ4v) is 1.20. The summed E-state index contributed by atoms with van der Waals surface area (Å²) in [4.78, 5) is 21.5. The number of hydrogen-bond donors (Lipinski definition) is 3. The Bertz CT molecular complexity index is 366. The van der Waals surface area contributed by atoms with Crippen LogP contribution in [0.25, 0.3) is 0 Å². The van der Waals surface area contributed by atoms with Gasteiger partial charge in [-0.05, 0) is 24.6 Å². The van der Waals surface area contributed by atoms with E-state index in [4.69, 9.17) is 0 Å². The molecule has 0 saturated carbocycles. The maximum Gasteiger partial charge on any atom is 0.251 e. The number of rotatable bonds is 6. The van der Waals surface area contributed by atoms with Gasteiger partial charge in [-0.2, -0.15) is 0 Å². The van der Waals surface area contributed by atoms with Crippen LogP contribution in [0, 0.1) is 0 Å². The van der Waals surface area contributed by atoms with Crippen LogP contribution in [0.15, 0.2) is 24.3 Å². The highest BCUT2D eigenvalue weighted by Gasteiger charge is 2.04. The second kappa shape index (κ2) is 6.44. The number of benzene rings is 1. The van der Waals surface area contributed by atoms with Gasteiger partial charge in [-0.15, -0.1) is 0 Å². The van der Waals surface area contributed by atoms with E-state index in [2.05, 4.69) is 10.6 Å². The summed E-state index contributed by atoms with van der Waals surface area (Å²) in [7, 11) is 0. The van der Waals surface area contributed by atoms with Crippen molar-refractivity contribution in [1.29, 1.82) is 0 Å². The summed E-state index contributed by atoms with van der Waals surface area (Å²) in [5.41, 5.74) is 0.420. The number of aromatic hydroxyl groups is 1. The molecular weight excluding hydrogens is 208 g/mol. The van der Waals surface area contributed by atoms with Gasteiger partial charge in [0.15, 0.2) is 0 Å². The maximum atomic E-state index is 11.5. The van der Waals surface area contributed by atoms with Crippen molar-refractivity contribution in [2.24, 2.45) is 0 Å². The minimum atomic E-state index is -0.234. The minimum Gasteiger partial charge on any atom is -0.508 e. The Hall–Kier alpha value is -2.04. The molecule has 1 aromatic rings. The molecule has 1 aromatic carbocycles. The van der Waals surface area contributed by atoms with E-state index >= 15 is 0 Å². The molecule has 0 unspecified atom stereocenters. The average molecular weight is 222 g/mol. The van der Waals surface area contributed by atoms with Gasteiger partial charge in [-0.3, -0.25) is 9.59 Å². The summed E-state index contributed by atoms with van der Waals surface area (Å²) < 4.78 is 0. The standard InChI is InChI=1S/C11H14N2O3/c14-8-12-5-2-6-13-11(16)9-3-1-4-10(15)7-9/h1,3-4,7-8,15H,2,5-6H2,(H,12,14)(H,13,16). The van der Waals surface area contributed by atoms with Gasteiger partial charge in [-0.25, -0.2) is 0 Å². The van der Waals surface area contributed by atoms with Crippen molar-refractivity contribution in [1.82, 2.24) is 10.6 Å². The highest BCUT2D eigenvalue weighted by atomic mass is 16.3. The molecule has 86 valence electrons. The van der Waals surface area contributed by atoms with E-state index in [1.54, 1.807) is 12.1 Å². The third-order valence-corrected chi connectivity index (χ3v) is 1.98. The van der Waals surface area contributed by atoms with Crippen LogP contribution >= 0.6 is 0 Å². The van der Waals surface area contributed by atoms with Gasteiger partial charge in [0, 0.05) is 18.7 Å². The number of hydrogen-bond acceptors (Lipinski definition) is 3. The number of phenols is 1. The number of nitrogens with one attached hydrogen (secondary N) is 2. The number of phenolic OH excluding ortho intramolecular Hbond substituents is 1. The topological polar surface area (TPSA) is 78.4 Å². The molecule has 0 heterocycles. The second-order valence-corrected chi connectivity index (χ2v) is 3.23. The fourth-order valence-electron chi connectivity index (χ4n) is 1.20. The summed E-state index contributed by atoms with van der Waals surface area (Å²) in [6, 6.07) is 6.14. The molecule has 16 heavy (non-hydrogen) atoms. The van der Waals surface area contributed by atoms with Crippen molar-refractivity contribution in [3.05, 3.63) is 29.8 Å². The summed E-state index contributed by atoms with van der Waals surface area (Å²) in [6.07, 6.45) is 1.29. The van der Waals surface area contributed by atoms with E-state index in [0.717, 1.165) is 0 Å². The van der Waals surface area contributed by atoms with Crippen LogP contribution in [0.5, 0.6) is 5.75 Å². The third-order valence-electron chi connectivity index (χ3n) is 1.98. The Labute approximate surface area is 93.5 Å². The lowest BCUT2D eigenvalue weighted by Gasteiger charge is -2.05. The summed E-state index contributed by atoms with van der Waals surface area (Å²) in [6.45, 7) is 1.01. The molecule has 0 aliphatic heterocycles. The van der Waals surface area contributed by atoms with Crippen LogP contribution < -0.4 is 10.6 Å². The van der Waals surface area contributed by atoms with E-state index in [1.807, 2.05) is 0 Å². The Kier molecular flexibility index (Phi) is 4.85. The Balaban J connectivity index is 2.32. The normalized spacial score (nSPS) is 9.50. The molecule has 0 saturated heterocycles. The predicted octanol–water partition coefficient (Wildman–Crippen LogP) is 0.258. The minimum absolute atomic E-state index is 0.0651. The number of amides is 2. The first-order chi connectivity index (χ1) is 7.74. The van der Waals surface area contributed by atoms with E-state index in [-0.39, 0.29) is 11.7 Å². The van der Waals surface area contributed by atoms with Crippen LogP contribution in [0.4, 0.5) is 0 Å². The van der Waals surface area contributed by atoms with Gasteiger partial charge in [0.2, 0.25) is 6.41 Å². The van der Waals surface area contributed by atoms with Crippen LogP contribution in [0.2, 0.25) is 0 Å². The van der Waals surface area contributed by atoms with Gasteiger partial charge in [0.1, 0.15) is 5.75 Å². The smallest absolute Gasteiger partial charge is 0.251 e. The first kappa shape index (κ1) is 12.0. The van der Waals surface area contributed by atoms with Crippen molar-refractivity contribution in [2.75, 3.05) is 13.1 Å². The Morgan fingerprint density at radius 2 is 2.19 bits per heavy atom. The van der Waals surface area contributed by atoms with Crippen molar-refractivity contribution >= 4 is 12.3 Å². The monoisotopic (exact) mass is 222 g/mol. The summed E-state index contributed by atoms with van der Waals surface area (Å²) in [5, 5.41) is 14.4. The molecule has 0 bridgehead atoms. The first-order valence-electron chi connectivity index (χ1n) is 4.98. The molecule has 3 N–H and O–H groups in total. The molecular formula is C11H14N2O3. The number of carbonyl (C=O) groups is 2. The van der Waals surface area contributed by atoms with Crippen molar-refractivity contribution in [3.8, 4) is 5.75 Å². The molecule has 0 atom stereocenters. The van der Waals surface area contributed by atoms with Crippen LogP contribution in [-0.4, -0.2) is 30.5 Å². The molecule has 1 rings (SSSR count). The zero-order valence-electron chi connectivity index (χ0n) is 8.77. The van der Waals surface area contributed by atoms with E-state index in [0.29, 0.717) is 31.5 Å². The van der Waals surface area contributed by atoms with Gasteiger partial charge < -0.3 is 15.7 Å². The lowest BCUT2D eigenvalue weighted by atomic mass is 10.2. The van der Waals surface area contributed by atoms with E-state index in [1.165, 1.54) is 12.1 Å². The zero-order valence-corrected chi connectivity index (χ0v) is 8.77. The molecule has 0 fully saturated rings.